The van der Waals surface area contributed by atoms with E-state index in [4.69, 9.17) is 4.74 Å². The Morgan fingerprint density at radius 1 is 0.871 bits per heavy atom. The van der Waals surface area contributed by atoms with Gasteiger partial charge in [-0.2, -0.15) is 0 Å². The fourth-order valence-corrected chi connectivity index (χ4v) is 3.52. The van der Waals surface area contributed by atoms with Gasteiger partial charge in [0.05, 0.1) is 32.1 Å². The van der Waals surface area contributed by atoms with Gasteiger partial charge in [-0.25, -0.2) is 4.68 Å². The van der Waals surface area contributed by atoms with Crippen molar-refractivity contribution in [3.8, 4) is 22.7 Å². The van der Waals surface area contributed by atoms with Gasteiger partial charge in [-0.05, 0) is 36.4 Å². The van der Waals surface area contributed by atoms with Crippen LogP contribution in [0.2, 0.25) is 0 Å². The average Bonchev–Trinajstić information content (AvgIpc) is 3.56. The molecular weight excluding hydrogens is 437 g/mol. The SMILES string of the molecule is COc1cc(C2=NCCN2)ccc1-c1cn(-c2ccc(C3=NCCN3)cc2)nn1.Cl.Cl. The second-order valence-electron chi connectivity index (χ2n) is 6.82. The van der Waals surface area contributed by atoms with Gasteiger partial charge in [0.25, 0.3) is 0 Å². The molecule has 0 amide bonds. The van der Waals surface area contributed by atoms with Crippen molar-refractivity contribution in [2.24, 2.45) is 9.98 Å². The number of amidine groups is 2. The molecule has 3 aromatic rings. The van der Waals surface area contributed by atoms with Crippen LogP contribution in [-0.2, 0) is 0 Å². The van der Waals surface area contributed by atoms with Crippen molar-refractivity contribution in [2.75, 3.05) is 33.3 Å². The Morgan fingerprint density at radius 3 is 2.13 bits per heavy atom. The quantitative estimate of drug-likeness (QED) is 0.611. The number of benzene rings is 2. The number of methoxy groups -OCH3 is 1. The van der Waals surface area contributed by atoms with Gasteiger partial charge in [-0.1, -0.05) is 11.3 Å². The van der Waals surface area contributed by atoms with Crippen molar-refractivity contribution >= 4 is 36.5 Å². The molecule has 1 aromatic heterocycles. The maximum Gasteiger partial charge on any atom is 0.129 e. The first-order valence-corrected chi connectivity index (χ1v) is 9.60. The largest absolute Gasteiger partial charge is 0.496 e. The molecule has 31 heavy (non-hydrogen) atoms. The molecule has 5 rings (SSSR count). The van der Waals surface area contributed by atoms with Crippen LogP contribution in [0.25, 0.3) is 16.9 Å². The number of rotatable bonds is 5. The summed E-state index contributed by atoms with van der Waals surface area (Å²) < 4.78 is 7.37. The van der Waals surface area contributed by atoms with Crippen LogP contribution in [0.3, 0.4) is 0 Å². The summed E-state index contributed by atoms with van der Waals surface area (Å²) in [6.45, 7) is 3.40. The minimum atomic E-state index is 0. The third-order valence-electron chi connectivity index (χ3n) is 5.00. The second kappa shape index (κ2) is 9.80. The van der Waals surface area contributed by atoms with Gasteiger partial charge in [-0.15, -0.1) is 29.9 Å². The molecule has 8 nitrogen and oxygen atoms in total. The highest BCUT2D eigenvalue weighted by Gasteiger charge is 2.15. The molecule has 2 N–H and O–H groups in total. The van der Waals surface area contributed by atoms with Crippen LogP contribution in [0.15, 0.2) is 58.6 Å². The predicted octanol–water partition coefficient (Wildman–Crippen LogP) is 2.49. The molecule has 0 spiro atoms. The lowest BCUT2D eigenvalue weighted by molar-refractivity contribution is 0.416. The lowest BCUT2D eigenvalue weighted by atomic mass is 10.1. The van der Waals surface area contributed by atoms with Crippen molar-refractivity contribution in [1.29, 1.82) is 0 Å². The molecule has 162 valence electrons. The fourth-order valence-electron chi connectivity index (χ4n) is 3.52. The van der Waals surface area contributed by atoms with Crippen molar-refractivity contribution in [2.45, 2.75) is 0 Å². The molecule has 2 aliphatic heterocycles. The van der Waals surface area contributed by atoms with E-state index in [2.05, 4.69) is 30.9 Å². The van der Waals surface area contributed by atoms with Crippen LogP contribution in [-0.4, -0.2) is 60.0 Å². The normalized spacial score (nSPS) is 14.5. The second-order valence-corrected chi connectivity index (χ2v) is 6.82. The van der Waals surface area contributed by atoms with E-state index in [-0.39, 0.29) is 24.8 Å². The number of hydrogen-bond donors (Lipinski definition) is 2. The van der Waals surface area contributed by atoms with Crippen LogP contribution in [0, 0.1) is 0 Å². The van der Waals surface area contributed by atoms with Crippen molar-refractivity contribution in [3.63, 3.8) is 0 Å². The molecule has 2 aliphatic rings. The summed E-state index contributed by atoms with van der Waals surface area (Å²) in [6.07, 6.45) is 1.91. The van der Waals surface area contributed by atoms with Crippen molar-refractivity contribution in [1.82, 2.24) is 25.6 Å². The average molecular weight is 460 g/mol. The Bertz CT molecular complexity index is 1110. The van der Waals surface area contributed by atoms with Crippen LogP contribution < -0.4 is 15.4 Å². The zero-order chi connectivity index (χ0) is 19.6. The molecule has 3 heterocycles. The Hall–Kier alpha value is -3.10. The first-order valence-electron chi connectivity index (χ1n) is 9.60. The summed E-state index contributed by atoms with van der Waals surface area (Å²) in [7, 11) is 1.66. The molecule has 0 bridgehead atoms. The smallest absolute Gasteiger partial charge is 0.129 e. The summed E-state index contributed by atoms with van der Waals surface area (Å²) in [5.74, 6) is 2.59. The van der Waals surface area contributed by atoms with Crippen LogP contribution >= 0.6 is 24.8 Å². The zero-order valence-electron chi connectivity index (χ0n) is 16.9. The monoisotopic (exact) mass is 459 g/mol. The van der Waals surface area contributed by atoms with Crippen LogP contribution in [0.1, 0.15) is 11.1 Å². The molecule has 0 saturated heterocycles. The van der Waals surface area contributed by atoms with Gasteiger partial charge in [0.1, 0.15) is 23.1 Å². The molecule has 10 heteroatoms. The van der Waals surface area contributed by atoms with E-state index >= 15 is 0 Å². The predicted molar refractivity (Wildman–Crippen MR) is 127 cm³/mol. The van der Waals surface area contributed by atoms with E-state index in [9.17, 15) is 0 Å². The number of hydrogen-bond acceptors (Lipinski definition) is 7. The summed E-state index contributed by atoms with van der Waals surface area (Å²) in [4.78, 5) is 8.92. The van der Waals surface area contributed by atoms with Gasteiger partial charge in [0.15, 0.2) is 0 Å². The topological polar surface area (TPSA) is 88.7 Å². The first-order chi connectivity index (χ1) is 14.3. The van der Waals surface area contributed by atoms with Gasteiger partial charge in [0, 0.05) is 29.8 Å². The summed E-state index contributed by atoms with van der Waals surface area (Å²) in [6, 6.07) is 14.1. The Kier molecular flexibility index (Phi) is 7.14. The molecule has 0 radical (unpaired) electrons. The van der Waals surface area contributed by atoms with E-state index in [1.54, 1.807) is 11.8 Å². The maximum atomic E-state index is 5.61. The number of aromatic nitrogens is 3. The number of ether oxygens (including phenoxy) is 1. The molecule has 0 fully saturated rings. The van der Waals surface area contributed by atoms with Crippen LogP contribution in [0.4, 0.5) is 0 Å². The van der Waals surface area contributed by atoms with E-state index < -0.39 is 0 Å². The van der Waals surface area contributed by atoms with E-state index in [1.165, 1.54) is 0 Å². The van der Waals surface area contributed by atoms with Gasteiger partial charge in [-0.3, -0.25) is 9.98 Å². The molecule has 2 aromatic carbocycles. The molecule has 0 aliphatic carbocycles. The number of aliphatic imine (C=N–C) groups is 2. The molecule has 0 atom stereocenters. The third-order valence-corrected chi connectivity index (χ3v) is 5.00. The highest BCUT2D eigenvalue weighted by Crippen LogP contribution is 2.30. The highest BCUT2D eigenvalue weighted by atomic mass is 35.5. The summed E-state index contributed by atoms with van der Waals surface area (Å²) in [5.41, 5.74) is 4.66. The third kappa shape index (κ3) is 4.50. The van der Waals surface area contributed by atoms with Gasteiger partial charge < -0.3 is 15.4 Å². The fraction of sp³-hybridized carbons (Fsp3) is 0.238. The summed E-state index contributed by atoms with van der Waals surface area (Å²) >= 11 is 0. The molecule has 0 unspecified atom stereocenters. The number of halogens is 2. The number of nitrogens with one attached hydrogen (secondary N) is 2. The summed E-state index contributed by atoms with van der Waals surface area (Å²) in [5, 5.41) is 15.2. The Balaban J connectivity index is 0.00000136. The van der Waals surface area contributed by atoms with E-state index in [1.807, 2.05) is 48.7 Å². The lowest BCUT2D eigenvalue weighted by Crippen LogP contribution is -2.19. The van der Waals surface area contributed by atoms with E-state index in [0.29, 0.717) is 0 Å². The minimum absolute atomic E-state index is 0. The van der Waals surface area contributed by atoms with Gasteiger partial charge >= 0.3 is 0 Å². The standard InChI is InChI=1S/C21H21N7O.2ClH/c1-29-19-12-15(21-24-10-11-25-21)4-7-17(19)18-13-28(27-26-18)16-5-2-14(3-6-16)20-22-8-9-23-20;;/h2-7,12-13H,8-11H2,1H3,(H,22,23)(H,24,25);2*1H. The van der Waals surface area contributed by atoms with Crippen LogP contribution in [0.5, 0.6) is 5.75 Å². The Morgan fingerprint density at radius 2 is 1.52 bits per heavy atom. The Labute approximate surface area is 192 Å². The minimum Gasteiger partial charge on any atom is -0.496 e. The maximum absolute atomic E-state index is 5.61. The first kappa shape index (κ1) is 22.6. The zero-order valence-corrected chi connectivity index (χ0v) is 18.5. The lowest BCUT2D eigenvalue weighted by Gasteiger charge is -2.09. The number of nitrogens with zero attached hydrogens (tertiary/aromatic N) is 5. The van der Waals surface area contributed by atoms with Crippen molar-refractivity contribution in [3.05, 3.63) is 59.8 Å². The van der Waals surface area contributed by atoms with E-state index in [0.717, 1.165) is 71.7 Å². The highest BCUT2D eigenvalue weighted by molar-refractivity contribution is 6.01. The molecular formula is C21H23Cl2N7O. The van der Waals surface area contributed by atoms with Crippen molar-refractivity contribution < 1.29 is 4.74 Å². The van der Waals surface area contributed by atoms with Gasteiger partial charge in [0.2, 0.25) is 0 Å². The molecule has 0 saturated carbocycles.